The molecule has 0 saturated heterocycles. The zero-order chi connectivity index (χ0) is 13.7. The van der Waals surface area contributed by atoms with Crippen LogP contribution >= 0.6 is 0 Å². The smallest absolute Gasteiger partial charge is 0.119 e. The molecule has 0 saturated carbocycles. The van der Waals surface area contributed by atoms with Gasteiger partial charge in [-0.2, -0.15) is 5.10 Å². The number of rotatable bonds is 6. The lowest BCUT2D eigenvalue weighted by Gasteiger charge is -2.08. The molecule has 102 valence electrons. The molecule has 1 heterocycles. The van der Waals surface area contributed by atoms with E-state index in [2.05, 4.69) is 24.0 Å². The zero-order valence-electron chi connectivity index (χ0n) is 11.5. The van der Waals surface area contributed by atoms with Gasteiger partial charge in [-0.15, -0.1) is 0 Å². The van der Waals surface area contributed by atoms with Gasteiger partial charge in [0.05, 0.1) is 12.3 Å². The fourth-order valence-electron chi connectivity index (χ4n) is 1.78. The SMILES string of the molecule is CC(C)COc1ccc(-c2cc(CCN)[nH]n2)cc1. The summed E-state index contributed by atoms with van der Waals surface area (Å²) in [5.74, 6) is 1.43. The van der Waals surface area contributed by atoms with Crippen LogP contribution in [0.4, 0.5) is 0 Å². The summed E-state index contributed by atoms with van der Waals surface area (Å²) < 4.78 is 5.66. The van der Waals surface area contributed by atoms with Gasteiger partial charge in [0.25, 0.3) is 0 Å². The van der Waals surface area contributed by atoms with Crippen LogP contribution in [0.25, 0.3) is 11.3 Å². The average molecular weight is 259 g/mol. The van der Waals surface area contributed by atoms with Gasteiger partial charge < -0.3 is 10.5 Å². The Labute approximate surface area is 114 Å². The normalized spacial score (nSPS) is 10.9. The predicted octanol–water partition coefficient (Wildman–Crippen LogP) is 2.61. The standard InChI is InChI=1S/C15H21N3O/c1-11(2)10-19-14-5-3-12(4-6-14)15-9-13(7-8-16)17-18-15/h3-6,9,11H,7-8,10,16H2,1-2H3,(H,17,18). The summed E-state index contributed by atoms with van der Waals surface area (Å²) in [6.45, 7) is 5.64. The molecule has 0 radical (unpaired) electrons. The highest BCUT2D eigenvalue weighted by molar-refractivity contribution is 5.60. The number of nitrogens with one attached hydrogen (secondary N) is 1. The van der Waals surface area contributed by atoms with Crippen LogP contribution in [0.5, 0.6) is 5.75 Å². The number of H-pyrrole nitrogens is 1. The van der Waals surface area contributed by atoms with Crippen molar-refractivity contribution >= 4 is 0 Å². The van der Waals surface area contributed by atoms with Crippen molar-refractivity contribution < 1.29 is 4.74 Å². The number of aromatic amines is 1. The number of hydrogen-bond donors (Lipinski definition) is 2. The lowest BCUT2D eigenvalue weighted by molar-refractivity contribution is 0.271. The van der Waals surface area contributed by atoms with Crippen LogP contribution in [-0.2, 0) is 6.42 Å². The summed E-state index contributed by atoms with van der Waals surface area (Å²) in [6.07, 6.45) is 0.822. The lowest BCUT2D eigenvalue weighted by Crippen LogP contribution is -2.04. The predicted molar refractivity (Wildman–Crippen MR) is 77.1 cm³/mol. The van der Waals surface area contributed by atoms with Crippen LogP contribution in [0.15, 0.2) is 30.3 Å². The molecule has 3 N–H and O–H groups in total. The van der Waals surface area contributed by atoms with Gasteiger partial charge in [0.15, 0.2) is 0 Å². The quantitative estimate of drug-likeness (QED) is 0.838. The van der Waals surface area contributed by atoms with Crippen molar-refractivity contribution in [2.75, 3.05) is 13.2 Å². The molecule has 0 spiro atoms. The first-order valence-corrected chi connectivity index (χ1v) is 6.66. The van der Waals surface area contributed by atoms with Crippen LogP contribution < -0.4 is 10.5 Å². The van der Waals surface area contributed by atoms with E-state index in [1.54, 1.807) is 0 Å². The molecule has 1 aromatic carbocycles. The largest absolute Gasteiger partial charge is 0.493 e. The lowest BCUT2D eigenvalue weighted by atomic mass is 10.1. The van der Waals surface area contributed by atoms with E-state index in [0.717, 1.165) is 35.7 Å². The van der Waals surface area contributed by atoms with Gasteiger partial charge in [-0.1, -0.05) is 13.8 Å². The van der Waals surface area contributed by atoms with Crippen molar-refractivity contribution in [3.8, 4) is 17.0 Å². The second kappa shape index (κ2) is 6.38. The molecule has 0 fully saturated rings. The van der Waals surface area contributed by atoms with Crippen molar-refractivity contribution in [1.82, 2.24) is 10.2 Å². The Balaban J connectivity index is 2.04. The van der Waals surface area contributed by atoms with Gasteiger partial charge >= 0.3 is 0 Å². The Hall–Kier alpha value is -1.81. The molecule has 1 aromatic heterocycles. The minimum Gasteiger partial charge on any atom is -0.493 e. The summed E-state index contributed by atoms with van der Waals surface area (Å²) in [4.78, 5) is 0. The molecule has 0 aliphatic heterocycles. The van der Waals surface area contributed by atoms with Crippen LogP contribution in [-0.4, -0.2) is 23.3 Å². The third kappa shape index (κ3) is 3.83. The van der Waals surface area contributed by atoms with Crippen LogP contribution in [0, 0.1) is 5.92 Å². The Morgan fingerprint density at radius 1 is 1.26 bits per heavy atom. The summed E-state index contributed by atoms with van der Waals surface area (Å²) in [5.41, 5.74) is 8.61. The zero-order valence-corrected chi connectivity index (χ0v) is 11.5. The third-order valence-electron chi connectivity index (χ3n) is 2.78. The Kier molecular flexibility index (Phi) is 4.58. The fourth-order valence-corrected chi connectivity index (χ4v) is 1.78. The molecule has 0 aliphatic rings. The van der Waals surface area contributed by atoms with Crippen molar-refractivity contribution in [1.29, 1.82) is 0 Å². The van der Waals surface area contributed by atoms with Gasteiger partial charge in [0.1, 0.15) is 5.75 Å². The highest BCUT2D eigenvalue weighted by Crippen LogP contribution is 2.21. The number of hydrogen-bond acceptors (Lipinski definition) is 3. The second-order valence-electron chi connectivity index (χ2n) is 5.05. The number of benzene rings is 1. The number of nitrogens with two attached hydrogens (primary N) is 1. The summed E-state index contributed by atoms with van der Waals surface area (Å²) in [5, 5.41) is 7.29. The molecule has 19 heavy (non-hydrogen) atoms. The topological polar surface area (TPSA) is 63.9 Å². The van der Waals surface area contributed by atoms with Crippen molar-refractivity contribution in [3.05, 3.63) is 36.0 Å². The molecule has 2 aromatic rings. The summed E-state index contributed by atoms with van der Waals surface area (Å²) in [7, 11) is 0. The molecule has 2 rings (SSSR count). The van der Waals surface area contributed by atoms with Crippen molar-refractivity contribution in [2.45, 2.75) is 20.3 Å². The molecule has 0 bridgehead atoms. The molecule has 0 amide bonds. The Bertz CT molecular complexity index is 502. The maximum Gasteiger partial charge on any atom is 0.119 e. The first-order chi connectivity index (χ1) is 9.19. The molecule has 4 heteroatoms. The van der Waals surface area contributed by atoms with Crippen LogP contribution in [0.3, 0.4) is 0 Å². The van der Waals surface area contributed by atoms with Crippen molar-refractivity contribution in [2.24, 2.45) is 11.7 Å². The Morgan fingerprint density at radius 3 is 2.63 bits per heavy atom. The molecule has 0 aliphatic carbocycles. The maximum absolute atomic E-state index is 5.66. The van der Waals surface area contributed by atoms with Gasteiger partial charge in [-0.05, 0) is 42.8 Å². The van der Waals surface area contributed by atoms with E-state index >= 15 is 0 Å². The fraction of sp³-hybridized carbons (Fsp3) is 0.400. The van der Waals surface area contributed by atoms with Crippen molar-refractivity contribution in [3.63, 3.8) is 0 Å². The first kappa shape index (κ1) is 13.6. The second-order valence-corrected chi connectivity index (χ2v) is 5.05. The van der Waals surface area contributed by atoms with E-state index < -0.39 is 0 Å². The minimum atomic E-state index is 0.532. The molecular weight excluding hydrogens is 238 g/mol. The van der Waals surface area contributed by atoms with E-state index in [0.29, 0.717) is 12.5 Å². The van der Waals surface area contributed by atoms with Gasteiger partial charge in [-0.25, -0.2) is 0 Å². The van der Waals surface area contributed by atoms with E-state index in [-0.39, 0.29) is 0 Å². The van der Waals surface area contributed by atoms with Gasteiger partial charge in [0.2, 0.25) is 0 Å². The Morgan fingerprint density at radius 2 is 2.00 bits per heavy atom. The first-order valence-electron chi connectivity index (χ1n) is 6.66. The van der Waals surface area contributed by atoms with E-state index in [1.807, 2.05) is 30.3 Å². The van der Waals surface area contributed by atoms with E-state index in [4.69, 9.17) is 10.5 Å². The highest BCUT2D eigenvalue weighted by Gasteiger charge is 2.04. The highest BCUT2D eigenvalue weighted by atomic mass is 16.5. The minimum absolute atomic E-state index is 0.532. The van der Waals surface area contributed by atoms with E-state index in [1.165, 1.54) is 0 Å². The number of nitrogens with zero attached hydrogens (tertiary/aromatic N) is 1. The molecular formula is C15H21N3O. The van der Waals surface area contributed by atoms with Gasteiger partial charge in [0, 0.05) is 17.7 Å². The monoisotopic (exact) mass is 259 g/mol. The maximum atomic E-state index is 5.66. The average Bonchev–Trinajstić information content (AvgIpc) is 2.86. The van der Waals surface area contributed by atoms with Crippen LogP contribution in [0.1, 0.15) is 19.5 Å². The number of ether oxygens (including phenoxy) is 1. The van der Waals surface area contributed by atoms with Crippen LogP contribution in [0.2, 0.25) is 0 Å². The third-order valence-corrected chi connectivity index (χ3v) is 2.78. The van der Waals surface area contributed by atoms with E-state index in [9.17, 15) is 0 Å². The summed E-state index contributed by atoms with van der Waals surface area (Å²) in [6, 6.07) is 10.1. The number of aromatic nitrogens is 2. The molecule has 4 nitrogen and oxygen atoms in total. The molecule has 0 atom stereocenters. The van der Waals surface area contributed by atoms with Gasteiger partial charge in [-0.3, -0.25) is 5.10 Å². The summed E-state index contributed by atoms with van der Waals surface area (Å²) >= 11 is 0. The molecule has 0 unspecified atom stereocenters.